The van der Waals surface area contributed by atoms with Crippen LogP contribution in [0.5, 0.6) is 0 Å². The molecule has 0 atom stereocenters. The van der Waals surface area contributed by atoms with Gasteiger partial charge in [0.1, 0.15) is 0 Å². The van der Waals surface area contributed by atoms with Gasteiger partial charge in [-0.2, -0.15) is 0 Å². The van der Waals surface area contributed by atoms with E-state index in [0.29, 0.717) is 6.61 Å². The van der Waals surface area contributed by atoms with E-state index in [0.717, 1.165) is 25.7 Å². The Balaban J connectivity index is 2.74. The monoisotopic (exact) mass is 229 g/mol. The topological polar surface area (TPSA) is 72.5 Å². The van der Waals surface area contributed by atoms with Crippen LogP contribution in [0.25, 0.3) is 0 Å². The highest BCUT2D eigenvalue weighted by Crippen LogP contribution is 2.49. The van der Waals surface area contributed by atoms with Crippen molar-refractivity contribution in [2.24, 2.45) is 16.6 Å². The molecule has 0 spiro atoms. The second-order valence-electron chi connectivity index (χ2n) is 5.87. The second-order valence-corrected chi connectivity index (χ2v) is 5.87. The predicted octanol–water partition coefficient (Wildman–Crippen LogP) is 2.05. The van der Waals surface area contributed by atoms with Crippen LogP contribution >= 0.6 is 0 Å². The van der Waals surface area contributed by atoms with Crippen molar-refractivity contribution in [1.82, 2.24) is 0 Å². The zero-order chi connectivity index (χ0) is 12.4. The first kappa shape index (κ1) is 13.3. The summed E-state index contributed by atoms with van der Waals surface area (Å²) >= 11 is 0. The summed E-state index contributed by atoms with van der Waals surface area (Å²) in [5.41, 5.74) is 5.02. The molecule has 4 heteroatoms. The SMILES string of the molecule is CC(C)(C)C1(COC(N)=O)CCC(O)CC1. The number of amides is 1. The first-order valence-corrected chi connectivity index (χ1v) is 5.87. The fraction of sp³-hybridized carbons (Fsp3) is 0.917. The standard InChI is InChI=1S/C12H23NO3/c1-11(2,3)12(8-16-10(13)15)6-4-9(14)5-7-12/h9,14H,4-8H2,1-3H3,(H2,13,15). The number of hydrogen-bond donors (Lipinski definition) is 2. The third kappa shape index (κ3) is 2.88. The zero-order valence-corrected chi connectivity index (χ0v) is 10.5. The zero-order valence-electron chi connectivity index (χ0n) is 10.5. The summed E-state index contributed by atoms with van der Waals surface area (Å²) in [6, 6.07) is 0. The molecule has 1 saturated carbocycles. The van der Waals surface area contributed by atoms with Gasteiger partial charge in [-0.05, 0) is 31.1 Å². The molecule has 1 aliphatic carbocycles. The van der Waals surface area contributed by atoms with E-state index >= 15 is 0 Å². The molecule has 1 fully saturated rings. The highest BCUT2D eigenvalue weighted by atomic mass is 16.5. The fourth-order valence-electron chi connectivity index (χ4n) is 2.48. The van der Waals surface area contributed by atoms with Gasteiger partial charge in [0.2, 0.25) is 0 Å². The Kier molecular flexibility index (Phi) is 3.84. The molecule has 94 valence electrons. The molecule has 0 aliphatic heterocycles. The van der Waals surface area contributed by atoms with Crippen molar-refractivity contribution >= 4 is 6.09 Å². The number of carbonyl (C=O) groups is 1. The Bertz CT molecular complexity index is 249. The number of nitrogens with two attached hydrogens (primary N) is 1. The van der Waals surface area contributed by atoms with E-state index in [9.17, 15) is 9.90 Å². The highest BCUT2D eigenvalue weighted by molar-refractivity contribution is 5.64. The number of carbonyl (C=O) groups excluding carboxylic acids is 1. The minimum atomic E-state index is -0.713. The van der Waals surface area contributed by atoms with E-state index < -0.39 is 6.09 Å². The molecule has 0 aromatic rings. The van der Waals surface area contributed by atoms with Crippen molar-refractivity contribution in [3.05, 3.63) is 0 Å². The average Bonchev–Trinajstić information content (AvgIpc) is 2.15. The van der Waals surface area contributed by atoms with E-state index in [2.05, 4.69) is 20.8 Å². The van der Waals surface area contributed by atoms with Crippen molar-refractivity contribution in [1.29, 1.82) is 0 Å². The van der Waals surface area contributed by atoms with E-state index in [-0.39, 0.29) is 16.9 Å². The van der Waals surface area contributed by atoms with Crippen LogP contribution in [-0.4, -0.2) is 23.9 Å². The molecule has 0 aromatic heterocycles. The fourth-order valence-corrected chi connectivity index (χ4v) is 2.48. The summed E-state index contributed by atoms with van der Waals surface area (Å²) in [7, 11) is 0. The molecular formula is C12H23NO3. The summed E-state index contributed by atoms with van der Waals surface area (Å²) in [5, 5.41) is 9.55. The lowest BCUT2D eigenvalue weighted by Gasteiger charge is -2.47. The van der Waals surface area contributed by atoms with Crippen LogP contribution in [-0.2, 0) is 4.74 Å². The van der Waals surface area contributed by atoms with Crippen molar-refractivity contribution in [3.8, 4) is 0 Å². The first-order valence-electron chi connectivity index (χ1n) is 5.87. The van der Waals surface area contributed by atoms with Gasteiger partial charge in [-0.3, -0.25) is 0 Å². The molecule has 1 amide bonds. The van der Waals surface area contributed by atoms with Gasteiger partial charge in [-0.15, -0.1) is 0 Å². The van der Waals surface area contributed by atoms with Crippen LogP contribution in [0.15, 0.2) is 0 Å². The highest BCUT2D eigenvalue weighted by Gasteiger charge is 2.45. The van der Waals surface area contributed by atoms with E-state index in [1.807, 2.05) is 0 Å². The Morgan fingerprint density at radius 1 is 1.44 bits per heavy atom. The normalized spacial score (nSPS) is 31.1. The maximum atomic E-state index is 10.7. The Morgan fingerprint density at radius 2 is 1.94 bits per heavy atom. The van der Waals surface area contributed by atoms with Gasteiger partial charge in [-0.25, -0.2) is 4.79 Å². The molecule has 0 radical (unpaired) electrons. The molecule has 0 heterocycles. The quantitative estimate of drug-likeness (QED) is 0.761. The lowest BCUT2D eigenvalue weighted by atomic mass is 9.59. The maximum Gasteiger partial charge on any atom is 0.404 e. The number of aliphatic hydroxyl groups is 1. The van der Waals surface area contributed by atoms with E-state index in [1.165, 1.54) is 0 Å². The van der Waals surface area contributed by atoms with Crippen molar-refractivity contribution in [2.75, 3.05) is 6.61 Å². The number of primary amides is 1. The minimum Gasteiger partial charge on any atom is -0.449 e. The van der Waals surface area contributed by atoms with Gasteiger partial charge < -0.3 is 15.6 Å². The molecule has 1 rings (SSSR count). The summed E-state index contributed by atoms with van der Waals surface area (Å²) in [5.74, 6) is 0. The third-order valence-electron chi connectivity index (χ3n) is 3.99. The molecule has 16 heavy (non-hydrogen) atoms. The van der Waals surface area contributed by atoms with Crippen molar-refractivity contribution < 1.29 is 14.6 Å². The molecule has 0 aromatic carbocycles. The Hall–Kier alpha value is -0.770. The third-order valence-corrected chi connectivity index (χ3v) is 3.99. The van der Waals surface area contributed by atoms with E-state index in [1.54, 1.807) is 0 Å². The lowest BCUT2D eigenvalue weighted by Crippen LogP contribution is -2.44. The summed E-state index contributed by atoms with van der Waals surface area (Å²) in [6.45, 7) is 6.80. The maximum absolute atomic E-state index is 10.7. The van der Waals surface area contributed by atoms with Crippen LogP contribution in [0.2, 0.25) is 0 Å². The molecule has 0 bridgehead atoms. The molecule has 1 aliphatic rings. The van der Waals surface area contributed by atoms with Gasteiger partial charge in [0, 0.05) is 5.41 Å². The number of aliphatic hydroxyl groups excluding tert-OH is 1. The largest absolute Gasteiger partial charge is 0.449 e. The number of hydrogen-bond acceptors (Lipinski definition) is 3. The van der Waals surface area contributed by atoms with Crippen LogP contribution in [0.3, 0.4) is 0 Å². The molecule has 4 nitrogen and oxygen atoms in total. The summed E-state index contributed by atoms with van der Waals surface area (Å²) in [6.07, 6.45) is 2.40. The van der Waals surface area contributed by atoms with Gasteiger partial charge in [0.15, 0.2) is 0 Å². The van der Waals surface area contributed by atoms with Gasteiger partial charge >= 0.3 is 6.09 Å². The minimum absolute atomic E-state index is 0.0442. The van der Waals surface area contributed by atoms with E-state index in [4.69, 9.17) is 10.5 Å². The molecule has 3 N–H and O–H groups in total. The first-order chi connectivity index (χ1) is 7.27. The number of ether oxygens (including phenoxy) is 1. The van der Waals surface area contributed by atoms with Gasteiger partial charge in [0.25, 0.3) is 0 Å². The smallest absolute Gasteiger partial charge is 0.404 e. The summed E-state index contributed by atoms with van der Waals surface area (Å²) in [4.78, 5) is 10.7. The van der Waals surface area contributed by atoms with Crippen LogP contribution in [0.4, 0.5) is 4.79 Å². The second kappa shape index (κ2) is 4.62. The van der Waals surface area contributed by atoms with Gasteiger partial charge in [0.05, 0.1) is 12.7 Å². The Labute approximate surface area is 97.2 Å². The molecular weight excluding hydrogens is 206 g/mol. The lowest BCUT2D eigenvalue weighted by molar-refractivity contribution is -0.0501. The average molecular weight is 229 g/mol. The number of rotatable bonds is 2. The Morgan fingerprint density at radius 3 is 2.31 bits per heavy atom. The van der Waals surface area contributed by atoms with Crippen LogP contribution in [0, 0.1) is 10.8 Å². The predicted molar refractivity (Wildman–Crippen MR) is 61.9 cm³/mol. The molecule has 0 unspecified atom stereocenters. The van der Waals surface area contributed by atoms with Gasteiger partial charge in [-0.1, -0.05) is 20.8 Å². The van der Waals surface area contributed by atoms with Crippen LogP contribution in [0.1, 0.15) is 46.5 Å². The summed E-state index contributed by atoms with van der Waals surface area (Å²) < 4.78 is 5.00. The molecule has 0 saturated heterocycles. The van der Waals surface area contributed by atoms with Crippen LogP contribution < -0.4 is 5.73 Å². The van der Waals surface area contributed by atoms with Crippen molar-refractivity contribution in [3.63, 3.8) is 0 Å². The van der Waals surface area contributed by atoms with Crippen molar-refractivity contribution in [2.45, 2.75) is 52.6 Å².